The molecule has 0 saturated carbocycles. The fourth-order valence-corrected chi connectivity index (χ4v) is 5.66. The lowest BCUT2D eigenvalue weighted by atomic mass is 9.97. The van der Waals surface area contributed by atoms with Crippen molar-refractivity contribution in [1.82, 2.24) is 25.0 Å². The summed E-state index contributed by atoms with van der Waals surface area (Å²) in [5, 5.41) is 12.4. The Morgan fingerprint density at radius 1 is 1.09 bits per heavy atom. The molecule has 2 atom stereocenters. The minimum absolute atomic E-state index is 0.000643. The van der Waals surface area contributed by atoms with Crippen molar-refractivity contribution in [3.63, 3.8) is 0 Å². The highest BCUT2D eigenvalue weighted by molar-refractivity contribution is 8.00. The second-order valence-corrected chi connectivity index (χ2v) is 10.6. The number of halogens is 1. The minimum Gasteiger partial charge on any atom is -0.355 e. The lowest BCUT2D eigenvalue weighted by Gasteiger charge is -2.32. The molecule has 1 aliphatic carbocycles. The zero-order valence-corrected chi connectivity index (χ0v) is 21.1. The topological polar surface area (TPSA) is 63.1 Å². The summed E-state index contributed by atoms with van der Waals surface area (Å²) >= 11 is 1.40. The summed E-state index contributed by atoms with van der Waals surface area (Å²) in [6.07, 6.45) is 11.7. The van der Waals surface area contributed by atoms with E-state index in [0.29, 0.717) is 11.7 Å². The molecule has 1 fully saturated rings. The van der Waals surface area contributed by atoms with E-state index in [1.54, 1.807) is 12.1 Å². The molecule has 1 aromatic heterocycles. The number of carbonyl (C=O) groups excluding carboxylic acids is 1. The SMILES string of the molecule is C[C@H](Sc1nnc([C@@H](C)N2CCCCC2)n1-c1ccc(F)cc1)C(=O)NCCC1=CCCCC1. The minimum atomic E-state index is -0.318. The van der Waals surface area contributed by atoms with E-state index in [9.17, 15) is 9.18 Å². The average Bonchev–Trinajstić information content (AvgIpc) is 3.28. The third-order valence-electron chi connectivity index (χ3n) is 6.84. The second-order valence-electron chi connectivity index (χ2n) is 9.33. The Morgan fingerprint density at radius 2 is 1.85 bits per heavy atom. The van der Waals surface area contributed by atoms with Crippen molar-refractivity contribution in [2.24, 2.45) is 0 Å². The van der Waals surface area contributed by atoms with Gasteiger partial charge in [0.15, 0.2) is 11.0 Å². The number of piperidine rings is 1. The van der Waals surface area contributed by atoms with E-state index in [-0.39, 0.29) is 23.0 Å². The summed E-state index contributed by atoms with van der Waals surface area (Å²) < 4.78 is 15.6. The van der Waals surface area contributed by atoms with Gasteiger partial charge in [-0.3, -0.25) is 14.3 Å². The third kappa shape index (κ3) is 6.27. The van der Waals surface area contributed by atoms with Gasteiger partial charge in [0.2, 0.25) is 5.91 Å². The molecule has 1 aromatic carbocycles. The molecule has 0 radical (unpaired) electrons. The van der Waals surface area contributed by atoms with Gasteiger partial charge in [-0.1, -0.05) is 29.8 Å². The number of hydrogen-bond donors (Lipinski definition) is 1. The molecule has 0 spiro atoms. The van der Waals surface area contributed by atoms with Crippen LogP contribution >= 0.6 is 11.8 Å². The highest BCUT2D eigenvalue weighted by Crippen LogP contribution is 2.31. The molecule has 184 valence electrons. The Balaban J connectivity index is 1.47. The molecule has 4 rings (SSSR count). The standard InChI is InChI=1S/C26H36FN5OS/c1-19(31-17-7-4-8-18-31)24-29-30-26(32(24)23-13-11-22(27)12-14-23)34-20(2)25(33)28-16-15-21-9-5-3-6-10-21/h9,11-14,19-20H,3-8,10,15-18H2,1-2H3,(H,28,33)/t19-,20+/m1/s1. The maximum Gasteiger partial charge on any atom is 0.233 e. The van der Waals surface area contributed by atoms with Crippen LogP contribution in [0.2, 0.25) is 0 Å². The van der Waals surface area contributed by atoms with Gasteiger partial charge in [0.1, 0.15) is 5.82 Å². The normalized spacial score (nSPS) is 18.9. The fourth-order valence-electron chi connectivity index (χ4n) is 4.76. The van der Waals surface area contributed by atoms with Crippen LogP contribution in [0.4, 0.5) is 4.39 Å². The Labute approximate surface area is 206 Å². The molecule has 1 saturated heterocycles. The molecule has 2 aromatic rings. The van der Waals surface area contributed by atoms with Crippen LogP contribution in [0.25, 0.3) is 5.69 Å². The van der Waals surface area contributed by atoms with E-state index in [0.717, 1.165) is 43.9 Å². The highest BCUT2D eigenvalue weighted by atomic mass is 32.2. The van der Waals surface area contributed by atoms with Gasteiger partial charge in [0, 0.05) is 12.2 Å². The van der Waals surface area contributed by atoms with Crippen LogP contribution in [0.5, 0.6) is 0 Å². The highest BCUT2D eigenvalue weighted by Gasteiger charge is 2.27. The molecular weight excluding hydrogens is 449 g/mol. The predicted octanol–water partition coefficient (Wildman–Crippen LogP) is 5.44. The number of hydrogen-bond acceptors (Lipinski definition) is 5. The first kappa shape index (κ1) is 24.9. The van der Waals surface area contributed by atoms with Crippen molar-refractivity contribution in [3.05, 3.63) is 47.6 Å². The lowest BCUT2D eigenvalue weighted by Crippen LogP contribution is -2.33. The van der Waals surface area contributed by atoms with Crippen molar-refractivity contribution in [2.45, 2.75) is 81.7 Å². The molecule has 8 heteroatoms. The molecule has 1 N–H and O–H groups in total. The second kappa shape index (κ2) is 12.0. The van der Waals surface area contributed by atoms with Crippen molar-refractivity contribution >= 4 is 17.7 Å². The summed E-state index contributed by atoms with van der Waals surface area (Å²) in [6, 6.07) is 6.49. The first-order valence-corrected chi connectivity index (χ1v) is 13.5. The third-order valence-corrected chi connectivity index (χ3v) is 7.88. The quantitative estimate of drug-likeness (QED) is 0.378. The van der Waals surface area contributed by atoms with E-state index in [2.05, 4.69) is 33.4 Å². The van der Waals surface area contributed by atoms with Gasteiger partial charge in [-0.05, 0) is 96.1 Å². The first-order valence-electron chi connectivity index (χ1n) is 12.6. The Kier molecular flexibility index (Phi) is 8.78. The number of rotatable bonds is 9. The molecule has 1 amide bonds. The molecule has 2 aliphatic rings. The molecular formula is C26H36FN5OS. The summed E-state index contributed by atoms with van der Waals surface area (Å²) in [6.45, 7) is 6.79. The fraction of sp³-hybridized carbons (Fsp3) is 0.577. The summed E-state index contributed by atoms with van der Waals surface area (Å²) in [5.74, 6) is 0.547. The van der Waals surface area contributed by atoms with Crippen molar-refractivity contribution < 1.29 is 9.18 Å². The lowest BCUT2D eigenvalue weighted by molar-refractivity contribution is -0.120. The van der Waals surface area contributed by atoms with E-state index < -0.39 is 0 Å². The number of nitrogens with one attached hydrogen (secondary N) is 1. The smallest absolute Gasteiger partial charge is 0.233 e. The molecule has 0 bridgehead atoms. The van der Waals surface area contributed by atoms with Crippen LogP contribution in [-0.2, 0) is 4.79 Å². The van der Waals surface area contributed by atoms with Crippen LogP contribution in [0.1, 0.15) is 77.1 Å². The van der Waals surface area contributed by atoms with Crippen LogP contribution in [0.3, 0.4) is 0 Å². The van der Waals surface area contributed by atoms with Gasteiger partial charge >= 0.3 is 0 Å². The zero-order chi connectivity index (χ0) is 23.9. The van der Waals surface area contributed by atoms with Crippen molar-refractivity contribution in [2.75, 3.05) is 19.6 Å². The van der Waals surface area contributed by atoms with Crippen LogP contribution in [0, 0.1) is 5.82 Å². The summed E-state index contributed by atoms with van der Waals surface area (Å²) in [7, 11) is 0. The average molecular weight is 486 g/mol. The molecule has 6 nitrogen and oxygen atoms in total. The van der Waals surface area contributed by atoms with E-state index in [1.807, 2.05) is 11.5 Å². The van der Waals surface area contributed by atoms with Crippen molar-refractivity contribution in [1.29, 1.82) is 0 Å². The number of thioether (sulfide) groups is 1. The Morgan fingerprint density at radius 3 is 2.56 bits per heavy atom. The van der Waals surface area contributed by atoms with E-state index in [1.165, 1.54) is 61.6 Å². The number of carbonyl (C=O) groups is 1. The number of amides is 1. The molecule has 2 heterocycles. The van der Waals surface area contributed by atoms with Crippen LogP contribution < -0.4 is 5.32 Å². The largest absolute Gasteiger partial charge is 0.355 e. The number of nitrogens with zero attached hydrogens (tertiary/aromatic N) is 4. The van der Waals surface area contributed by atoms with Gasteiger partial charge in [-0.15, -0.1) is 10.2 Å². The van der Waals surface area contributed by atoms with Gasteiger partial charge in [0.25, 0.3) is 0 Å². The van der Waals surface area contributed by atoms with Crippen LogP contribution in [0.15, 0.2) is 41.1 Å². The van der Waals surface area contributed by atoms with Gasteiger partial charge in [0.05, 0.1) is 11.3 Å². The maximum atomic E-state index is 13.6. The monoisotopic (exact) mass is 485 g/mol. The van der Waals surface area contributed by atoms with Crippen LogP contribution in [-0.4, -0.2) is 50.5 Å². The summed E-state index contributed by atoms with van der Waals surface area (Å²) in [4.78, 5) is 15.2. The van der Waals surface area contributed by atoms with E-state index >= 15 is 0 Å². The Bertz CT molecular complexity index is 984. The predicted molar refractivity (Wildman–Crippen MR) is 135 cm³/mol. The zero-order valence-electron chi connectivity index (χ0n) is 20.3. The Hall–Kier alpha value is -2.19. The van der Waals surface area contributed by atoms with Crippen molar-refractivity contribution in [3.8, 4) is 5.69 Å². The van der Waals surface area contributed by atoms with Gasteiger partial charge in [-0.2, -0.15) is 0 Å². The molecule has 1 aliphatic heterocycles. The molecule has 34 heavy (non-hydrogen) atoms. The molecule has 0 unspecified atom stereocenters. The van der Waals surface area contributed by atoms with Gasteiger partial charge < -0.3 is 5.32 Å². The van der Waals surface area contributed by atoms with E-state index in [4.69, 9.17) is 0 Å². The first-order chi connectivity index (χ1) is 16.5. The number of allylic oxidation sites excluding steroid dienone is 1. The number of benzene rings is 1. The maximum absolute atomic E-state index is 13.6. The number of aromatic nitrogens is 3. The summed E-state index contributed by atoms with van der Waals surface area (Å²) in [5.41, 5.74) is 2.27. The number of likely N-dealkylation sites (tertiary alicyclic amines) is 1. The van der Waals surface area contributed by atoms with Gasteiger partial charge in [-0.25, -0.2) is 4.39 Å².